The van der Waals surface area contributed by atoms with Gasteiger partial charge in [-0.3, -0.25) is 9.59 Å². The summed E-state index contributed by atoms with van der Waals surface area (Å²) >= 11 is 7.45. The Labute approximate surface area is 153 Å². The van der Waals surface area contributed by atoms with Crippen LogP contribution in [0.4, 0.5) is 0 Å². The highest BCUT2D eigenvalue weighted by Gasteiger charge is 2.12. The van der Waals surface area contributed by atoms with Gasteiger partial charge < -0.3 is 9.30 Å². The summed E-state index contributed by atoms with van der Waals surface area (Å²) in [6.07, 6.45) is 0.103. The standard InChI is InChI=1S/C18H15ClN2O3S/c1-24-17(23)11-21-14-8-4-5-9-15(14)25-18(21)20-16(22)10-12-6-2-3-7-13(12)19/h2-9H,10-11H2,1H3. The number of ether oxygens (including phenoxy) is 1. The molecule has 0 aliphatic carbocycles. The molecule has 0 spiro atoms. The first kappa shape index (κ1) is 17.4. The predicted octanol–water partition coefficient (Wildman–Crippen LogP) is 3.20. The lowest BCUT2D eigenvalue weighted by atomic mass is 10.1. The number of aromatic nitrogens is 1. The third-order valence-corrected chi connectivity index (χ3v) is 5.05. The van der Waals surface area contributed by atoms with Gasteiger partial charge in [0.05, 0.1) is 23.7 Å². The van der Waals surface area contributed by atoms with Crippen molar-refractivity contribution < 1.29 is 14.3 Å². The van der Waals surface area contributed by atoms with Gasteiger partial charge in [-0.25, -0.2) is 0 Å². The fourth-order valence-corrected chi connectivity index (χ4v) is 3.65. The molecule has 7 heteroatoms. The van der Waals surface area contributed by atoms with Gasteiger partial charge in [0.15, 0.2) is 4.80 Å². The molecule has 25 heavy (non-hydrogen) atoms. The number of halogens is 1. The smallest absolute Gasteiger partial charge is 0.325 e. The van der Waals surface area contributed by atoms with E-state index in [9.17, 15) is 9.59 Å². The lowest BCUT2D eigenvalue weighted by molar-refractivity contribution is -0.141. The zero-order valence-corrected chi connectivity index (χ0v) is 15.0. The summed E-state index contributed by atoms with van der Waals surface area (Å²) in [5.41, 5.74) is 1.56. The van der Waals surface area contributed by atoms with Gasteiger partial charge in [-0.1, -0.05) is 53.3 Å². The molecule has 3 rings (SSSR count). The Hall–Kier alpha value is -2.44. The minimum absolute atomic E-state index is 0.00127. The number of methoxy groups -OCH3 is 1. The Morgan fingerprint density at radius 2 is 1.88 bits per heavy atom. The number of carbonyl (C=O) groups is 2. The summed E-state index contributed by atoms with van der Waals surface area (Å²) in [4.78, 5) is 28.7. The van der Waals surface area contributed by atoms with E-state index in [1.54, 1.807) is 16.7 Å². The van der Waals surface area contributed by atoms with Gasteiger partial charge in [0.25, 0.3) is 5.91 Å². The van der Waals surface area contributed by atoms with Crippen LogP contribution in [-0.4, -0.2) is 23.6 Å². The van der Waals surface area contributed by atoms with Crippen LogP contribution in [0.3, 0.4) is 0 Å². The van der Waals surface area contributed by atoms with E-state index in [-0.39, 0.29) is 18.9 Å². The number of esters is 1. The Kier molecular flexibility index (Phi) is 5.31. The molecule has 0 aliphatic rings. The van der Waals surface area contributed by atoms with Crippen molar-refractivity contribution in [3.8, 4) is 0 Å². The number of nitrogens with zero attached hydrogens (tertiary/aromatic N) is 2. The number of hydrogen-bond donors (Lipinski definition) is 0. The van der Waals surface area contributed by atoms with Gasteiger partial charge in [-0.2, -0.15) is 4.99 Å². The van der Waals surface area contributed by atoms with Gasteiger partial charge >= 0.3 is 5.97 Å². The molecular formula is C18H15ClN2O3S. The van der Waals surface area contributed by atoms with Crippen molar-refractivity contribution in [1.82, 2.24) is 4.57 Å². The zero-order chi connectivity index (χ0) is 17.8. The molecule has 0 saturated carbocycles. The van der Waals surface area contributed by atoms with Crippen LogP contribution in [0.25, 0.3) is 10.2 Å². The average molecular weight is 375 g/mol. The van der Waals surface area contributed by atoms with Crippen molar-refractivity contribution in [3.63, 3.8) is 0 Å². The number of rotatable bonds is 4. The van der Waals surface area contributed by atoms with Crippen molar-refractivity contribution in [1.29, 1.82) is 0 Å². The van der Waals surface area contributed by atoms with Crippen molar-refractivity contribution in [2.75, 3.05) is 7.11 Å². The molecule has 0 bridgehead atoms. The lowest BCUT2D eigenvalue weighted by Gasteiger charge is -2.03. The van der Waals surface area contributed by atoms with Gasteiger partial charge in [0, 0.05) is 5.02 Å². The predicted molar refractivity (Wildman–Crippen MR) is 97.6 cm³/mol. The Morgan fingerprint density at radius 3 is 2.64 bits per heavy atom. The Balaban J connectivity index is 2.00. The fourth-order valence-electron chi connectivity index (χ4n) is 2.40. The van der Waals surface area contributed by atoms with Gasteiger partial charge in [-0.15, -0.1) is 0 Å². The third-order valence-electron chi connectivity index (χ3n) is 3.62. The number of fused-ring (bicyclic) bond motifs is 1. The number of para-hydroxylation sites is 1. The molecule has 5 nitrogen and oxygen atoms in total. The van der Waals surface area contributed by atoms with E-state index in [0.717, 1.165) is 15.8 Å². The summed E-state index contributed by atoms with van der Waals surface area (Å²) < 4.78 is 7.38. The number of carbonyl (C=O) groups excluding carboxylic acids is 2. The van der Waals surface area contributed by atoms with Crippen LogP contribution in [0.1, 0.15) is 5.56 Å². The van der Waals surface area contributed by atoms with Crippen LogP contribution < -0.4 is 4.80 Å². The topological polar surface area (TPSA) is 60.7 Å². The summed E-state index contributed by atoms with van der Waals surface area (Å²) in [6, 6.07) is 14.7. The molecule has 0 saturated heterocycles. The minimum atomic E-state index is -0.399. The molecule has 0 aliphatic heterocycles. The molecule has 0 fully saturated rings. The molecule has 1 amide bonds. The molecule has 128 valence electrons. The summed E-state index contributed by atoms with van der Waals surface area (Å²) in [5, 5.41) is 0.532. The minimum Gasteiger partial charge on any atom is -0.468 e. The van der Waals surface area contributed by atoms with Crippen molar-refractivity contribution in [3.05, 3.63) is 63.9 Å². The number of thiazole rings is 1. The van der Waals surface area contributed by atoms with Crippen molar-refractivity contribution >= 4 is 45.0 Å². The van der Waals surface area contributed by atoms with Crippen LogP contribution in [-0.2, 0) is 27.3 Å². The van der Waals surface area contributed by atoms with Gasteiger partial charge in [-0.05, 0) is 23.8 Å². The van der Waals surface area contributed by atoms with Gasteiger partial charge in [0.2, 0.25) is 0 Å². The first-order valence-corrected chi connectivity index (χ1v) is 8.74. The highest BCUT2D eigenvalue weighted by molar-refractivity contribution is 7.16. The van der Waals surface area contributed by atoms with E-state index < -0.39 is 5.97 Å². The van der Waals surface area contributed by atoms with Gasteiger partial charge in [0.1, 0.15) is 6.54 Å². The second-order valence-corrected chi connectivity index (χ2v) is 6.70. The maximum absolute atomic E-state index is 12.4. The summed E-state index contributed by atoms with van der Waals surface area (Å²) in [5.74, 6) is -0.721. The number of amides is 1. The molecule has 0 unspecified atom stereocenters. The largest absolute Gasteiger partial charge is 0.468 e. The van der Waals surface area contributed by atoms with E-state index >= 15 is 0 Å². The Bertz CT molecular complexity index is 1010. The van der Waals surface area contributed by atoms with E-state index in [4.69, 9.17) is 16.3 Å². The van der Waals surface area contributed by atoms with E-state index in [1.165, 1.54) is 18.4 Å². The normalized spacial score (nSPS) is 11.7. The highest BCUT2D eigenvalue weighted by atomic mass is 35.5. The molecule has 1 aromatic heterocycles. The molecule has 1 heterocycles. The third kappa shape index (κ3) is 3.97. The second kappa shape index (κ2) is 7.63. The van der Waals surface area contributed by atoms with Crippen molar-refractivity contribution in [2.24, 2.45) is 4.99 Å². The zero-order valence-electron chi connectivity index (χ0n) is 13.4. The van der Waals surface area contributed by atoms with E-state index in [2.05, 4.69) is 4.99 Å². The lowest BCUT2D eigenvalue weighted by Crippen LogP contribution is -2.22. The molecular weight excluding hydrogens is 360 g/mol. The van der Waals surface area contributed by atoms with Crippen molar-refractivity contribution in [2.45, 2.75) is 13.0 Å². The Morgan fingerprint density at radius 1 is 1.16 bits per heavy atom. The monoisotopic (exact) mass is 374 g/mol. The maximum Gasteiger partial charge on any atom is 0.325 e. The number of benzene rings is 2. The SMILES string of the molecule is COC(=O)Cn1c(=NC(=O)Cc2ccccc2Cl)sc2ccccc21. The molecule has 2 aromatic carbocycles. The quantitative estimate of drug-likeness (QED) is 0.659. The first-order valence-electron chi connectivity index (χ1n) is 7.54. The highest BCUT2D eigenvalue weighted by Crippen LogP contribution is 2.18. The number of hydrogen-bond acceptors (Lipinski definition) is 4. The summed E-state index contributed by atoms with van der Waals surface area (Å²) in [7, 11) is 1.33. The van der Waals surface area contributed by atoms with Crippen LogP contribution in [0.15, 0.2) is 53.5 Å². The second-order valence-electron chi connectivity index (χ2n) is 5.29. The average Bonchev–Trinajstić information content (AvgIpc) is 2.94. The molecule has 3 aromatic rings. The fraction of sp³-hybridized carbons (Fsp3) is 0.167. The summed E-state index contributed by atoms with van der Waals surface area (Å²) in [6.45, 7) is -0.00127. The van der Waals surface area contributed by atoms with Crippen LogP contribution in [0.2, 0.25) is 5.02 Å². The molecule has 0 radical (unpaired) electrons. The molecule has 0 atom stereocenters. The van der Waals surface area contributed by atoms with E-state index in [1.807, 2.05) is 36.4 Å². The van der Waals surface area contributed by atoms with Crippen LogP contribution in [0, 0.1) is 0 Å². The van der Waals surface area contributed by atoms with E-state index in [0.29, 0.717) is 9.82 Å². The van der Waals surface area contributed by atoms with Crippen LogP contribution in [0.5, 0.6) is 0 Å². The molecule has 0 N–H and O–H groups in total. The maximum atomic E-state index is 12.4. The first-order chi connectivity index (χ1) is 12.1. The van der Waals surface area contributed by atoms with Crippen LogP contribution >= 0.6 is 22.9 Å².